The molecule has 0 amide bonds. The number of nitrogens with zero attached hydrogens (tertiary/aromatic N) is 1. The van der Waals surface area contributed by atoms with Crippen molar-refractivity contribution in [3.8, 4) is 0 Å². The topological polar surface area (TPSA) is 52.0 Å². The number of oxazole rings is 1. The summed E-state index contributed by atoms with van der Waals surface area (Å²) in [6, 6.07) is 7.50. The Balaban J connectivity index is 2.11. The predicted octanol–water partition coefficient (Wildman–Crippen LogP) is 2.94. The van der Waals surface area contributed by atoms with Gasteiger partial charge in [0.1, 0.15) is 5.76 Å². The molecule has 1 heterocycles. The normalized spacial score (nSPS) is 12.7. The average Bonchev–Trinajstić information content (AvgIpc) is 2.70. The number of hydrogen-bond donors (Lipinski definition) is 1. The molecule has 0 radical (unpaired) electrons. The van der Waals surface area contributed by atoms with Crippen LogP contribution >= 0.6 is 11.6 Å². The average molecular weight is 237 g/mol. The lowest BCUT2D eigenvalue weighted by atomic mass is 10.1. The minimum Gasteiger partial charge on any atom is -0.444 e. The van der Waals surface area contributed by atoms with Gasteiger partial charge in [0.25, 0.3) is 0 Å². The number of halogens is 1. The van der Waals surface area contributed by atoms with Crippen LogP contribution in [0.5, 0.6) is 0 Å². The highest BCUT2D eigenvalue weighted by Gasteiger charge is 2.08. The highest BCUT2D eigenvalue weighted by molar-refractivity contribution is 6.30. The van der Waals surface area contributed by atoms with E-state index in [4.69, 9.17) is 21.8 Å². The van der Waals surface area contributed by atoms with E-state index in [1.807, 2.05) is 31.2 Å². The minimum atomic E-state index is -0.119. The van der Waals surface area contributed by atoms with Crippen LogP contribution in [-0.4, -0.2) is 4.98 Å². The Kier molecular flexibility index (Phi) is 3.27. The zero-order valence-electron chi connectivity index (χ0n) is 8.98. The standard InChI is InChI=1S/C12H13ClN2O/c1-8(14)11-7-15-12(16-11)6-9-2-4-10(13)5-3-9/h2-5,7-8H,6,14H2,1H3. The second kappa shape index (κ2) is 4.68. The SMILES string of the molecule is CC(N)c1cnc(Cc2ccc(Cl)cc2)o1. The number of benzene rings is 1. The summed E-state index contributed by atoms with van der Waals surface area (Å²) in [6.45, 7) is 1.87. The van der Waals surface area contributed by atoms with Gasteiger partial charge in [0.05, 0.1) is 12.2 Å². The molecule has 4 heteroatoms. The fourth-order valence-corrected chi connectivity index (χ4v) is 1.52. The van der Waals surface area contributed by atoms with E-state index in [0.29, 0.717) is 18.1 Å². The number of rotatable bonds is 3. The van der Waals surface area contributed by atoms with Crippen LogP contribution in [0.4, 0.5) is 0 Å². The molecule has 84 valence electrons. The first-order chi connectivity index (χ1) is 7.65. The van der Waals surface area contributed by atoms with Gasteiger partial charge in [-0.15, -0.1) is 0 Å². The lowest BCUT2D eigenvalue weighted by molar-refractivity contribution is 0.442. The Hall–Kier alpha value is -1.32. The fourth-order valence-electron chi connectivity index (χ4n) is 1.39. The molecule has 2 N–H and O–H groups in total. The van der Waals surface area contributed by atoms with E-state index in [1.165, 1.54) is 0 Å². The number of hydrogen-bond acceptors (Lipinski definition) is 3. The Morgan fingerprint density at radius 1 is 1.38 bits per heavy atom. The molecule has 0 spiro atoms. The summed E-state index contributed by atoms with van der Waals surface area (Å²) in [6.07, 6.45) is 2.33. The summed E-state index contributed by atoms with van der Waals surface area (Å²) in [5.74, 6) is 1.39. The molecular weight excluding hydrogens is 224 g/mol. The lowest BCUT2D eigenvalue weighted by Crippen LogP contribution is -2.02. The maximum Gasteiger partial charge on any atom is 0.198 e. The van der Waals surface area contributed by atoms with Gasteiger partial charge >= 0.3 is 0 Å². The highest BCUT2D eigenvalue weighted by Crippen LogP contribution is 2.16. The van der Waals surface area contributed by atoms with Crippen molar-refractivity contribution in [3.63, 3.8) is 0 Å². The summed E-state index contributed by atoms with van der Waals surface area (Å²) in [5.41, 5.74) is 6.80. The molecule has 0 aliphatic rings. The summed E-state index contributed by atoms with van der Waals surface area (Å²) in [4.78, 5) is 4.18. The van der Waals surface area contributed by atoms with E-state index in [0.717, 1.165) is 10.6 Å². The number of nitrogens with two attached hydrogens (primary N) is 1. The Morgan fingerprint density at radius 3 is 2.62 bits per heavy atom. The first kappa shape index (κ1) is 11.2. The quantitative estimate of drug-likeness (QED) is 0.892. The van der Waals surface area contributed by atoms with Crippen LogP contribution in [0.15, 0.2) is 34.9 Å². The highest BCUT2D eigenvalue weighted by atomic mass is 35.5. The largest absolute Gasteiger partial charge is 0.444 e. The van der Waals surface area contributed by atoms with Gasteiger partial charge in [-0.3, -0.25) is 0 Å². The summed E-state index contributed by atoms with van der Waals surface area (Å²) >= 11 is 5.80. The van der Waals surface area contributed by atoms with E-state index < -0.39 is 0 Å². The van der Waals surface area contributed by atoms with Gasteiger partial charge in [0.2, 0.25) is 0 Å². The summed E-state index contributed by atoms with van der Waals surface area (Å²) < 4.78 is 5.51. The lowest BCUT2D eigenvalue weighted by Gasteiger charge is -1.99. The van der Waals surface area contributed by atoms with Crippen molar-refractivity contribution in [3.05, 3.63) is 52.7 Å². The molecule has 0 fully saturated rings. The molecule has 0 aliphatic carbocycles. The van der Waals surface area contributed by atoms with Crippen molar-refractivity contribution in [2.24, 2.45) is 5.73 Å². The molecular formula is C12H13ClN2O. The Labute approximate surface area is 99.2 Å². The van der Waals surface area contributed by atoms with E-state index in [-0.39, 0.29) is 6.04 Å². The molecule has 2 rings (SSSR count). The zero-order valence-corrected chi connectivity index (χ0v) is 9.74. The van der Waals surface area contributed by atoms with Crippen molar-refractivity contribution in [2.45, 2.75) is 19.4 Å². The van der Waals surface area contributed by atoms with Crippen LogP contribution < -0.4 is 5.73 Å². The number of aromatic nitrogens is 1. The third kappa shape index (κ3) is 2.62. The van der Waals surface area contributed by atoms with Crippen LogP contribution in [0.25, 0.3) is 0 Å². The second-order valence-electron chi connectivity index (χ2n) is 3.75. The van der Waals surface area contributed by atoms with Crippen molar-refractivity contribution in [2.75, 3.05) is 0 Å². The second-order valence-corrected chi connectivity index (χ2v) is 4.18. The van der Waals surface area contributed by atoms with E-state index in [1.54, 1.807) is 6.20 Å². The Morgan fingerprint density at radius 2 is 2.06 bits per heavy atom. The molecule has 1 aromatic carbocycles. The van der Waals surface area contributed by atoms with Gasteiger partial charge in [-0.1, -0.05) is 23.7 Å². The molecule has 1 unspecified atom stereocenters. The van der Waals surface area contributed by atoms with Gasteiger partial charge in [-0.05, 0) is 24.6 Å². The first-order valence-electron chi connectivity index (χ1n) is 5.10. The molecule has 16 heavy (non-hydrogen) atoms. The van der Waals surface area contributed by atoms with Crippen molar-refractivity contribution >= 4 is 11.6 Å². The van der Waals surface area contributed by atoms with Crippen molar-refractivity contribution in [1.82, 2.24) is 4.98 Å². The van der Waals surface area contributed by atoms with Crippen LogP contribution in [0.1, 0.15) is 30.2 Å². The van der Waals surface area contributed by atoms with Crippen molar-refractivity contribution in [1.29, 1.82) is 0 Å². The smallest absolute Gasteiger partial charge is 0.198 e. The fraction of sp³-hybridized carbons (Fsp3) is 0.250. The molecule has 0 bridgehead atoms. The first-order valence-corrected chi connectivity index (χ1v) is 5.47. The van der Waals surface area contributed by atoms with Crippen LogP contribution in [0.3, 0.4) is 0 Å². The molecule has 1 aromatic heterocycles. The van der Waals surface area contributed by atoms with Crippen molar-refractivity contribution < 1.29 is 4.42 Å². The van der Waals surface area contributed by atoms with E-state index in [2.05, 4.69) is 4.98 Å². The summed E-state index contributed by atoms with van der Waals surface area (Å²) in [5, 5.41) is 0.729. The predicted molar refractivity (Wildman–Crippen MR) is 63.4 cm³/mol. The van der Waals surface area contributed by atoms with Gasteiger partial charge in [0, 0.05) is 11.4 Å². The summed E-state index contributed by atoms with van der Waals surface area (Å²) in [7, 11) is 0. The van der Waals surface area contributed by atoms with Crippen LogP contribution in [0, 0.1) is 0 Å². The molecule has 1 atom stereocenters. The van der Waals surface area contributed by atoms with Crippen LogP contribution in [-0.2, 0) is 6.42 Å². The van der Waals surface area contributed by atoms with E-state index in [9.17, 15) is 0 Å². The minimum absolute atomic E-state index is 0.119. The zero-order chi connectivity index (χ0) is 11.5. The third-order valence-corrected chi connectivity index (χ3v) is 2.54. The van der Waals surface area contributed by atoms with Gasteiger partial charge < -0.3 is 10.2 Å². The van der Waals surface area contributed by atoms with E-state index >= 15 is 0 Å². The Bertz CT molecular complexity index is 462. The molecule has 0 aliphatic heterocycles. The van der Waals surface area contributed by atoms with Gasteiger partial charge in [-0.25, -0.2) is 4.98 Å². The third-order valence-electron chi connectivity index (χ3n) is 2.29. The molecule has 2 aromatic rings. The molecule has 3 nitrogen and oxygen atoms in total. The van der Waals surface area contributed by atoms with Crippen LogP contribution in [0.2, 0.25) is 5.02 Å². The maximum absolute atomic E-state index is 5.80. The molecule has 0 saturated carbocycles. The molecule has 0 saturated heterocycles. The van der Waals surface area contributed by atoms with Gasteiger partial charge in [0.15, 0.2) is 5.89 Å². The maximum atomic E-state index is 5.80. The van der Waals surface area contributed by atoms with Gasteiger partial charge in [-0.2, -0.15) is 0 Å². The monoisotopic (exact) mass is 236 g/mol.